The molecule has 2 aromatic carbocycles. The highest BCUT2D eigenvalue weighted by Gasteiger charge is 2.35. The van der Waals surface area contributed by atoms with Crippen LogP contribution >= 0.6 is 0 Å². The van der Waals surface area contributed by atoms with Crippen molar-refractivity contribution in [2.24, 2.45) is 5.10 Å². The Bertz CT molecular complexity index is 757. The van der Waals surface area contributed by atoms with Crippen LogP contribution in [0.15, 0.2) is 47.6 Å². The van der Waals surface area contributed by atoms with Crippen molar-refractivity contribution in [3.8, 4) is 11.5 Å². The molecule has 0 aromatic heterocycles. The Morgan fingerprint density at radius 1 is 0.913 bits per heavy atom. The summed E-state index contributed by atoms with van der Waals surface area (Å²) in [5.74, 6) is 0.315. The number of imide groups is 1. The number of nitrogens with zero attached hydrogens (tertiary/aromatic N) is 2. The van der Waals surface area contributed by atoms with Crippen molar-refractivity contribution in [3.63, 3.8) is 0 Å². The Balaban J connectivity index is 1.90. The molecule has 0 spiro atoms. The Morgan fingerprint density at radius 2 is 1.43 bits per heavy atom. The van der Waals surface area contributed by atoms with Crippen LogP contribution in [0.1, 0.15) is 26.3 Å². The average molecular weight is 310 g/mol. The van der Waals surface area contributed by atoms with Gasteiger partial charge < -0.3 is 9.47 Å². The van der Waals surface area contributed by atoms with E-state index in [4.69, 9.17) is 9.47 Å². The number of carbonyl (C=O) groups excluding carboxylic acids is 2. The zero-order valence-corrected chi connectivity index (χ0v) is 12.6. The minimum atomic E-state index is -0.434. The minimum absolute atomic E-state index is 0.359. The van der Waals surface area contributed by atoms with Crippen molar-refractivity contribution < 1.29 is 19.1 Å². The number of fused-ring (bicyclic) bond motifs is 1. The van der Waals surface area contributed by atoms with Gasteiger partial charge in [-0.3, -0.25) is 9.59 Å². The van der Waals surface area contributed by atoms with Crippen LogP contribution in [-0.2, 0) is 0 Å². The van der Waals surface area contributed by atoms with E-state index in [2.05, 4.69) is 5.10 Å². The zero-order valence-electron chi connectivity index (χ0n) is 12.6. The van der Waals surface area contributed by atoms with E-state index in [0.29, 0.717) is 28.2 Å². The molecule has 0 unspecified atom stereocenters. The van der Waals surface area contributed by atoms with Crippen molar-refractivity contribution in [2.45, 2.75) is 0 Å². The van der Waals surface area contributed by atoms with E-state index in [0.717, 1.165) is 5.01 Å². The van der Waals surface area contributed by atoms with Gasteiger partial charge in [-0.25, -0.2) is 0 Å². The fourth-order valence-corrected chi connectivity index (χ4v) is 2.31. The van der Waals surface area contributed by atoms with Gasteiger partial charge in [0.25, 0.3) is 11.8 Å². The van der Waals surface area contributed by atoms with Crippen molar-refractivity contribution in [2.75, 3.05) is 14.2 Å². The molecule has 0 radical (unpaired) electrons. The molecule has 0 N–H and O–H groups in total. The molecule has 0 bridgehead atoms. The van der Waals surface area contributed by atoms with E-state index in [9.17, 15) is 9.59 Å². The van der Waals surface area contributed by atoms with Gasteiger partial charge in [0.15, 0.2) is 0 Å². The van der Waals surface area contributed by atoms with E-state index in [-0.39, 0.29) is 0 Å². The van der Waals surface area contributed by atoms with Gasteiger partial charge in [0, 0.05) is 11.6 Å². The summed E-state index contributed by atoms with van der Waals surface area (Å²) >= 11 is 0. The molecule has 0 fully saturated rings. The van der Waals surface area contributed by atoms with Gasteiger partial charge >= 0.3 is 0 Å². The molecule has 1 heterocycles. The van der Waals surface area contributed by atoms with Crippen LogP contribution in [0.5, 0.6) is 11.5 Å². The first-order valence-electron chi connectivity index (χ1n) is 6.89. The largest absolute Gasteiger partial charge is 0.497 e. The predicted octanol–water partition coefficient (Wildman–Crippen LogP) is 2.33. The monoisotopic (exact) mass is 310 g/mol. The van der Waals surface area contributed by atoms with E-state index in [1.165, 1.54) is 6.21 Å². The summed E-state index contributed by atoms with van der Waals surface area (Å²) in [6, 6.07) is 11.8. The SMILES string of the molecule is COc1cc(/C=N\N2C(=O)c3ccccc3C2=O)cc(OC)c1. The molecular formula is C17H14N2O4. The number of benzene rings is 2. The third-order valence-corrected chi connectivity index (χ3v) is 3.47. The summed E-state index contributed by atoms with van der Waals surface area (Å²) in [5, 5.41) is 4.88. The molecule has 1 aliphatic rings. The number of amides is 2. The molecule has 6 nitrogen and oxygen atoms in total. The lowest BCUT2D eigenvalue weighted by Crippen LogP contribution is -2.24. The van der Waals surface area contributed by atoms with Gasteiger partial charge in [-0.1, -0.05) is 12.1 Å². The van der Waals surface area contributed by atoms with Crippen molar-refractivity contribution in [1.82, 2.24) is 5.01 Å². The van der Waals surface area contributed by atoms with Crippen molar-refractivity contribution >= 4 is 18.0 Å². The highest BCUT2D eigenvalue weighted by molar-refractivity contribution is 6.21. The smallest absolute Gasteiger partial charge is 0.282 e. The molecule has 23 heavy (non-hydrogen) atoms. The summed E-state index contributed by atoms with van der Waals surface area (Å²) in [7, 11) is 3.08. The van der Waals surface area contributed by atoms with Gasteiger partial charge in [0.2, 0.25) is 0 Å². The number of ether oxygens (including phenoxy) is 2. The number of carbonyl (C=O) groups is 2. The second kappa shape index (κ2) is 5.92. The third kappa shape index (κ3) is 2.66. The second-order valence-corrected chi connectivity index (χ2v) is 4.86. The molecule has 3 rings (SSSR count). The quantitative estimate of drug-likeness (QED) is 0.642. The number of hydrogen-bond acceptors (Lipinski definition) is 5. The maximum Gasteiger partial charge on any atom is 0.282 e. The predicted molar refractivity (Wildman–Crippen MR) is 84.1 cm³/mol. The molecule has 1 aliphatic heterocycles. The van der Waals surface area contributed by atoms with E-state index >= 15 is 0 Å². The minimum Gasteiger partial charge on any atom is -0.497 e. The Morgan fingerprint density at radius 3 is 1.91 bits per heavy atom. The fraction of sp³-hybridized carbons (Fsp3) is 0.118. The van der Waals surface area contributed by atoms with Crippen LogP contribution < -0.4 is 9.47 Å². The van der Waals surface area contributed by atoms with Crippen LogP contribution in [0, 0.1) is 0 Å². The van der Waals surface area contributed by atoms with Crippen molar-refractivity contribution in [3.05, 3.63) is 59.2 Å². The average Bonchev–Trinajstić information content (AvgIpc) is 2.84. The first-order chi connectivity index (χ1) is 11.1. The molecule has 6 heteroatoms. The number of hydrogen-bond donors (Lipinski definition) is 0. The lowest BCUT2D eigenvalue weighted by atomic mass is 10.1. The van der Waals surface area contributed by atoms with Gasteiger partial charge in [0.1, 0.15) is 11.5 Å². The van der Waals surface area contributed by atoms with Gasteiger partial charge in [-0.15, -0.1) is 0 Å². The number of hydrazone groups is 1. The number of rotatable bonds is 4. The maximum atomic E-state index is 12.2. The topological polar surface area (TPSA) is 68.2 Å². The highest BCUT2D eigenvalue weighted by Crippen LogP contribution is 2.24. The fourth-order valence-electron chi connectivity index (χ4n) is 2.31. The van der Waals surface area contributed by atoms with Gasteiger partial charge in [0.05, 0.1) is 31.6 Å². The summed E-state index contributed by atoms with van der Waals surface area (Å²) in [6.07, 6.45) is 1.42. The maximum absolute atomic E-state index is 12.2. The Hall–Kier alpha value is -3.15. The van der Waals surface area contributed by atoms with E-state index in [1.54, 1.807) is 56.7 Å². The van der Waals surface area contributed by atoms with E-state index < -0.39 is 11.8 Å². The standard InChI is InChI=1S/C17H14N2O4/c1-22-12-7-11(8-13(9-12)23-2)10-18-19-16(20)14-5-3-4-6-15(14)17(19)21/h3-10H,1-2H3/b18-10-. The van der Waals surface area contributed by atoms with Crippen LogP contribution in [0.2, 0.25) is 0 Å². The first kappa shape index (κ1) is 14.8. The van der Waals surface area contributed by atoms with Crippen LogP contribution in [0.25, 0.3) is 0 Å². The summed E-state index contributed by atoms with van der Waals surface area (Å²) in [4.78, 5) is 24.4. The lowest BCUT2D eigenvalue weighted by Gasteiger charge is -2.07. The Kier molecular flexibility index (Phi) is 3.80. The van der Waals surface area contributed by atoms with Crippen molar-refractivity contribution in [1.29, 1.82) is 0 Å². The summed E-state index contributed by atoms with van der Waals surface area (Å²) < 4.78 is 10.3. The molecule has 2 amide bonds. The van der Waals surface area contributed by atoms with Crippen LogP contribution in [0.4, 0.5) is 0 Å². The first-order valence-corrected chi connectivity index (χ1v) is 6.89. The highest BCUT2D eigenvalue weighted by atomic mass is 16.5. The molecule has 0 aliphatic carbocycles. The number of methoxy groups -OCH3 is 2. The second-order valence-electron chi connectivity index (χ2n) is 4.86. The Labute approximate surface area is 132 Å². The molecular weight excluding hydrogens is 296 g/mol. The zero-order chi connectivity index (χ0) is 16.4. The molecule has 0 saturated carbocycles. The molecule has 2 aromatic rings. The molecule has 0 atom stereocenters. The van der Waals surface area contributed by atoms with Crippen LogP contribution in [-0.4, -0.2) is 37.3 Å². The third-order valence-electron chi connectivity index (χ3n) is 3.47. The van der Waals surface area contributed by atoms with Gasteiger partial charge in [-0.2, -0.15) is 10.1 Å². The van der Waals surface area contributed by atoms with Gasteiger partial charge in [-0.05, 0) is 24.3 Å². The molecule has 116 valence electrons. The summed E-state index contributed by atoms with van der Waals surface area (Å²) in [6.45, 7) is 0. The summed E-state index contributed by atoms with van der Waals surface area (Å²) in [5.41, 5.74) is 1.37. The normalized spacial score (nSPS) is 13.6. The lowest BCUT2D eigenvalue weighted by molar-refractivity contribution is 0.0660. The van der Waals surface area contributed by atoms with Crippen LogP contribution in [0.3, 0.4) is 0 Å². The molecule has 0 saturated heterocycles. The van der Waals surface area contributed by atoms with E-state index in [1.807, 2.05) is 0 Å².